The Morgan fingerprint density at radius 2 is 1.88 bits per heavy atom. The van der Waals surface area contributed by atoms with Crippen LogP contribution in [0.15, 0.2) is 12.7 Å². The molecule has 8 N–H and O–H groups in total. The van der Waals surface area contributed by atoms with E-state index in [4.69, 9.17) is 29.9 Å². The van der Waals surface area contributed by atoms with Crippen LogP contribution in [0.2, 0.25) is 0 Å². The molecule has 1 saturated heterocycles. The number of nitrogens with zero attached hydrogens (tertiary/aromatic N) is 4. The van der Waals surface area contributed by atoms with E-state index in [1.807, 2.05) is 0 Å². The normalized spacial score (nSPS) is 26.9. The van der Waals surface area contributed by atoms with Crippen molar-refractivity contribution in [3.63, 3.8) is 0 Å². The third-order valence-corrected chi connectivity index (χ3v) is 5.84. The molecule has 6 atom stereocenters. The average molecular weight is 501 g/mol. The van der Waals surface area contributed by atoms with Gasteiger partial charge in [-0.15, -0.1) is 0 Å². The van der Waals surface area contributed by atoms with Gasteiger partial charge in [0.25, 0.3) is 0 Å². The Hall–Kier alpha value is -1.59. The predicted octanol–water partition coefficient (Wildman–Crippen LogP) is -2.37. The van der Waals surface area contributed by atoms with E-state index in [0.29, 0.717) is 0 Å². The highest BCUT2D eigenvalue weighted by molar-refractivity contribution is 7.47. The summed E-state index contributed by atoms with van der Waals surface area (Å²) in [6.45, 7) is -2.53. The van der Waals surface area contributed by atoms with E-state index in [-0.39, 0.29) is 17.0 Å². The van der Waals surface area contributed by atoms with Crippen molar-refractivity contribution < 1.29 is 57.4 Å². The molecule has 0 aliphatic carbocycles. The molecule has 0 saturated carbocycles. The minimum absolute atomic E-state index is 0.0870. The SMILES string of the molecule is Nc1ncnc2c1ncn2[C@@H]1O[C@H](COP(=O)(O)OC[C@H](CO)OP(=O)(O)O)[C@@H](O)[C@H]1O. The standard InChI is InChI=1S/C13H21N5O12P2/c14-11-8-12(16-4-15-11)18(5-17-8)13-10(21)9(20)7(29-13)3-28-32(25,26)27-2-6(1-19)30-31(22,23)24/h4-7,9-10,13,19-21H,1-3H2,(H,25,26)(H2,14,15,16)(H2,22,23,24)/t6-,7+,9+,10+,13+/m0/s1. The summed E-state index contributed by atoms with van der Waals surface area (Å²) in [5.41, 5.74) is 6.16. The van der Waals surface area contributed by atoms with Crippen molar-refractivity contribution in [2.24, 2.45) is 0 Å². The zero-order chi connectivity index (χ0) is 23.7. The second-order valence-corrected chi connectivity index (χ2v) is 9.24. The van der Waals surface area contributed by atoms with Gasteiger partial charge in [0.1, 0.15) is 36.3 Å². The zero-order valence-corrected chi connectivity index (χ0v) is 17.8. The Bertz CT molecular complexity index is 1030. The molecule has 0 spiro atoms. The number of fused-ring (bicyclic) bond motifs is 1. The number of aromatic nitrogens is 4. The lowest BCUT2D eigenvalue weighted by atomic mass is 10.1. The fourth-order valence-electron chi connectivity index (χ4n) is 2.85. The first-order valence-corrected chi connectivity index (χ1v) is 11.9. The molecule has 2 aromatic heterocycles. The molecule has 1 fully saturated rings. The molecule has 0 radical (unpaired) electrons. The number of phosphoric acid groups is 2. The topological polar surface area (TPSA) is 262 Å². The molecule has 180 valence electrons. The summed E-state index contributed by atoms with van der Waals surface area (Å²) in [4.78, 5) is 38.9. The maximum absolute atomic E-state index is 12.0. The van der Waals surface area contributed by atoms with Gasteiger partial charge in [0.15, 0.2) is 17.7 Å². The highest BCUT2D eigenvalue weighted by atomic mass is 31.2. The monoisotopic (exact) mass is 501 g/mol. The summed E-state index contributed by atoms with van der Waals surface area (Å²) in [7, 11) is -9.80. The number of ether oxygens (including phenoxy) is 1. The molecule has 3 heterocycles. The maximum atomic E-state index is 12.0. The third kappa shape index (κ3) is 5.85. The van der Waals surface area contributed by atoms with Gasteiger partial charge in [0.2, 0.25) is 0 Å². The van der Waals surface area contributed by atoms with Crippen LogP contribution < -0.4 is 5.73 Å². The van der Waals surface area contributed by atoms with Crippen molar-refractivity contribution in [2.45, 2.75) is 30.6 Å². The van der Waals surface area contributed by atoms with Crippen LogP contribution >= 0.6 is 15.6 Å². The predicted molar refractivity (Wildman–Crippen MR) is 101 cm³/mol. The van der Waals surface area contributed by atoms with Crippen LogP contribution in [0.1, 0.15) is 6.23 Å². The Kier molecular flexibility index (Phi) is 7.61. The van der Waals surface area contributed by atoms with E-state index in [0.717, 1.165) is 0 Å². The molecular weight excluding hydrogens is 480 g/mol. The number of hydrogen-bond donors (Lipinski definition) is 7. The fourth-order valence-corrected chi connectivity index (χ4v) is 4.13. The summed E-state index contributed by atoms with van der Waals surface area (Å²) in [5, 5.41) is 29.6. The van der Waals surface area contributed by atoms with Crippen LogP contribution in [-0.4, -0.2) is 93.8 Å². The number of rotatable bonds is 10. The van der Waals surface area contributed by atoms with Crippen LogP contribution in [0.25, 0.3) is 11.2 Å². The van der Waals surface area contributed by atoms with Gasteiger partial charge in [-0.2, -0.15) is 0 Å². The maximum Gasteiger partial charge on any atom is 0.472 e. The van der Waals surface area contributed by atoms with Crippen LogP contribution in [0, 0.1) is 0 Å². The van der Waals surface area contributed by atoms with Gasteiger partial charge in [-0.1, -0.05) is 0 Å². The lowest BCUT2D eigenvalue weighted by molar-refractivity contribution is -0.0526. The number of anilines is 1. The van der Waals surface area contributed by atoms with Crippen molar-refractivity contribution in [3.8, 4) is 0 Å². The minimum Gasteiger partial charge on any atom is -0.394 e. The van der Waals surface area contributed by atoms with Gasteiger partial charge in [-0.25, -0.2) is 24.1 Å². The minimum atomic E-state index is -4.98. The second-order valence-electron chi connectivity index (χ2n) is 6.59. The number of nitrogen functional groups attached to an aromatic ring is 1. The first kappa shape index (κ1) is 25.0. The number of phosphoric ester groups is 2. The van der Waals surface area contributed by atoms with Crippen molar-refractivity contribution in [1.29, 1.82) is 0 Å². The molecule has 0 amide bonds. The van der Waals surface area contributed by atoms with E-state index in [1.165, 1.54) is 17.2 Å². The van der Waals surface area contributed by atoms with Crippen LogP contribution in [0.5, 0.6) is 0 Å². The van der Waals surface area contributed by atoms with Crippen molar-refractivity contribution in [1.82, 2.24) is 19.5 Å². The average Bonchev–Trinajstić information content (AvgIpc) is 3.26. The second kappa shape index (κ2) is 9.72. The molecule has 1 unspecified atom stereocenters. The molecule has 3 rings (SSSR count). The van der Waals surface area contributed by atoms with Crippen LogP contribution in [0.4, 0.5) is 5.82 Å². The highest BCUT2D eigenvalue weighted by Gasteiger charge is 2.45. The lowest BCUT2D eigenvalue weighted by Crippen LogP contribution is -2.33. The molecule has 17 nitrogen and oxygen atoms in total. The van der Waals surface area contributed by atoms with Gasteiger partial charge in [-0.3, -0.25) is 18.1 Å². The van der Waals surface area contributed by atoms with Gasteiger partial charge >= 0.3 is 15.6 Å². The van der Waals surface area contributed by atoms with Crippen LogP contribution in [-0.2, 0) is 27.4 Å². The number of aliphatic hydroxyl groups excluding tert-OH is 3. The number of aliphatic hydroxyl groups is 3. The molecule has 0 aromatic carbocycles. The van der Waals surface area contributed by atoms with E-state index < -0.39 is 66.1 Å². The molecule has 1 aliphatic rings. The van der Waals surface area contributed by atoms with Crippen molar-refractivity contribution in [3.05, 3.63) is 12.7 Å². The molecule has 19 heteroatoms. The number of nitrogens with two attached hydrogens (primary N) is 1. The highest BCUT2D eigenvalue weighted by Crippen LogP contribution is 2.45. The van der Waals surface area contributed by atoms with Crippen molar-refractivity contribution in [2.75, 3.05) is 25.6 Å². The Morgan fingerprint density at radius 1 is 1.16 bits per heavy atom. The third-order valence-electron chi connectivity index (χ3n) is 4.31. The summed E-state index contributed by atoms with van der Waals surface area (Å²) >= 11 is 0. The van der Waals surface area contributed by atoms with Gasteiger partial charge < -0.3 is 40.5 Å². The Balaban J connectivity index is 1.61. The molecule has 2 aromatic rings. The summed E-state index contributed by atoms with van der Waals surface area (Å²) in [6.07, 6.45) is -4.68. The summed E-state index contributed by atoms with van der Waals surface area (Å²) in [5.74, 6) is 0.0870. The van der Waals surface area contributed by atoms with E-state index in [1.54, 1.807) is 0 Å². The quantitative estimate of drug-likeness (QED) is 0.168. The van der Waals surface area contributed by atoms with E-state index in [2.05, 4.69) is 24.0 Å². The van der Waals surface area contributed by atoms with Crippen LogP contribution in [0.3, 0.4) is 0 Å². The number of hydrogen-bond acceptors (Lipinski definition) is 13. The van der Waals surface area contributed by atoms with Crippen molar-refractivity contribution >= 4 is 32.6 Å². The van der Waals surface area contributed by atoms with Gasteiger partial charge in [0, 0.05) is 0 Å². The first-order valence-electron chi connectivity index (χ1n) is 8.83. The van der Waals surface area contributed by atoms with Gasteiger partial charge in [0.05, 0.1) is 26.1 Å². The smallest absolute Gasteiger partial charge is 0.394 e. The van der Waals surface area contributed by atoms with Gasteiger partial charge in [-0.05, 0) is 0 Å². The molecular formula is C13H21N5O12P2. The largest absolute Gasteiger partial charge is 0.472 e. The molecule has 1 aliphatic heterocycles. The van der Waals surface area contributed by atoms with E-state index in [9.17, 15) is 24.2 Å². The first-order chi connectivity index (χ1) is 14.9. The molecule has 32 heavy (non-hydrogen) atoms. The summed E-state index contributed by atoms with van der Waals surface area (Å²) in [6, 6.07) is 0. The zero-order valence-electron chi connectivity index (χ0n) is 16.1. The molecule has 0 bridgehead atoms. The summed E-state index contributed by atoms with van der Waals surface area (Å²) < 4.78 is 43.0. The lowest BCUT2D eigenvalue weighted by Gasteiger charge is -2.20. The fraction of sp³-hybridized carbons (Fsp3) is 0.615. The number of imidazole rings is 1. The Labute approximate surface area is 179 Å². The van der Waals surface area contributed by atoms with E-state index >= 15 is 0 Å². The Morgan fingerprint density at radius 3 is 2.53 bits per heavy atom.